The zero-order valence-electron chi connectivity index (χ0n) is 12.1. The number of carboxylic acids is 3. The van der Waals surface area contributed by atoms with E-state index < -0.39 is 29.5 Å². The standard InChI is InChI=1S/C9H11NO2.C5H9NO4/c1-9(10,8(11)12)7-5-3-2-4-6-7;6-3(5(9)10)1-2-4(7)8/h2-6H,10H2,1H3,(H,11,12);3H,1-2,6H2,(H,7,8)(H,9,10)/t9-;3-/m10/s1. The minimum Gasteiger partial charge on any atom is -0.481 e. The molecule has 0 aliphatic carbocycles. The van der Waals surface area contributed by atoms with Crippen molar-refractivity contribution in [3.05, 3.63) is 35.9 Å². The maximum atomic E-state index is 10.7. The predicted octanol–water partition coefficient (Wildman–Crippen LogP) is 0.208. The molecule has 0 aliphatic rings. The average Bonchev–Trinajstić information content (AvgIpc) is 2.46. The molecule has 0 unspecified atom stereocenters. The minimum atomic E-state index is -1.29. The molecular formula is C14H20N2O6. The number of carboxylic acid groups (broad SMARTS) is 3. The van der Waals surface area contributed by atoms with Gasteiger partial charge in [-0.05, 0) is 18.9 Å². The molecule has 0 radical (unpaired) electrons. The van der Waals surface area contributed by atoms with Gasteiger partial charge in [-0.1, -0.05) is 30.3 Å². The third kappa shape index (κ3) is 6.82. The number of benzene rings is 1. The molecule has 0 fully saturated rings. The van der Waals surface area contributed by atoms with E-state index in [1.807, 2.05) is 6.07 Å². The smallest absolute Gasteiger partial charge is 0.328 e. The fourth-order valence-electron chi connectivity index (χ4n) is 1.31. The van der Waals surface area contributed by atoms with Crippen molar-refractivity contribution in [1.82, 2.24) is 0 Å². The van der Waals surface area contributed by atoms with Gasteiger partial charge in [-0.15, -0.1) is 0 Å². The van der Waals surface area contributed by atoms with Crippen LogP contribution in [-0.2, 0) is 19.9 Å². The summed E-state index contributed by atoms with van der Waals surface area (Å²) in [6.45, 7) is 1.48. The molecule has 0 amide bonds. The van der Waals surface area contributed by atoms with Gasteiger partial charge < -0.3 is 26.8 Å². The second kappa shape index (κ2) is 8.75. The van der Waals surface area contributed by atoms with E-state index in [1.165, 1.54) is 6.92 Å². The summed E-state index contributed by atoms with van der Waals surface area (Å²) in [5, 5.41) is 25.0. The Labute approximate surface area is 127 Å². The first kappa shape index (κ1) is 19.6. The fourth-order valence-corrected chi connectivity index (χ4v) is 1.31. The second-order valence-electron chi connectivity index (χ2n) is 4.75. The molecule has 0 aliphatic heterocycles. The lowest BCUT2D eigenvalue weighted by atomic mass is 9.94. The van der Waals surface area contributed by atoms with Crippen LogP contribution in [0.4, 0.5) is 0 Å². The molecule has 8 heteroatoms. The molecule has 1 rings (SSSR count). The molecule has 1 aromatic carbocycles. The van der Waals surface area contributed by atoms with E-state index in [0.29, 0.717) is 5.56 Å². The summed E-state index contributed by atoms with van der Waals surface area (Å²) < 4.78 is 0. The highest BCUT2D eigenvalue weighted by atomic mass is 16.4. The van der Waals surface area contributed by atoms with Gasteiger partial charge in [0.2, 0.25) is 0 Å². The van der Waals surface area contributed by atoms with Crippen molar-refractivity contribution in [2.45, 2.75) is 31.3 Å². The Bertz CT molecular complexity index is 515. The van der Waals surface area contributed by atoms with Crippen LogP contribution in [0.1, 0.15) is 25.3 Å². The van der Waals surface area contributed by atoms with E-state index in [2.05, 4.69) is 0 Å². The number of nitrogens with two attached hydrogens (primary N) is 2. The van der Waals surface area contributed by atoms with Gasteiger partial charge in [0.1, 0.15) is 11.6 Å². The molecular weight excluding hydrogens is 292 g/mol. The van der Waals surface area contributed by atoms with E-state index in [1.54, 1.807) is 24.3 Å². The van der Waals surface area contributed by atoms with Crippen molar-refractivity contribution >= 4 is 17.9 Å². The van der Waals surface area contributed by atoms with E-state index in [9.17, 15) is 14.4 Å². The summed E-state index contributed by atoms with van der Waals surface area (Å²) in [4.78, 5) is 30.6. The molecule has 8 nitrogen and oxygen atoms in total. The quantitative estimate of drug-likeness (QED) is 0.497. The number of aliphatic carboxylic acids is 3. The van der Waals surface area contributed by atoms with Crippen LogP contribution in [0, 0.1) is 0 Å². The predicted molar refractivity (Wildman–Crippen MR) is 78.1 cm³/mol. The summed E-state index contributed by atoms with van der Waals surface area (Å²) >= 11 is 0. The highest BCUT2D eigenvalue weighted by Gasteiger charge is 2.29. The van der Waals surface area contributed by atoms with Crippen LogP contribution in [0.2, 0.25) is 0 Å². The normalized spacial score (nSPS) is 14.0. The van der Waals surface area contributed by atoms with Crippen molar-refractivity contribution in [2.24, 2.45) is 11.5 Å². The molecule has 0 spiro atoms. The van der Waals surface area contributed by atoms with Gasteiger partial charge in [-0.3, -0.25) is 9.59 Å². The van der Waals surface area contributed by atoms with Gasteiger partial charge in [-0.25, -0.2) is 4.79 Å². The van der Waals surface area contributed by atoms with Crippen LogP contribution in [0.25, 0.3) is 0 Å². The van der Waals surface area contributed by atoms with Gasteiger partial charge in [0.15, 0.2) is 0 Å². The zero-order chi connectivity index (χ0) is 17.3. The Morgan fingerprint density at radius 2 is 1.64 bits per heavy atom. The highest BCUT2D eigenvalue weighted by Crippen LogP contribution is 2.16. The Morgan fingerprint density at radius 3 is 2.00 bits per heavy atom. The largest absolute Gasteiger partial charge is 0.481 e. The first-order chi connectivity index (χ1) is 10.1. The topological polar surface area (TPSA) is 164 Å². The number of hydrogen-bond donors (Lipinski definition) is 5. The molecule has 7 N–H and O–H groups in total. The van der Waals surface area contributed by atoms with Gasteiger partial charge in [0.25, 0.3) is 0 Å². The van der Waals surface area contributed by atoms with Crippen LogP contribution in [-0.4, -0.2) is 39.3 Å². The zero-order valence-corrected chi connectivity index (χ0v) is 12.1. The summed E-state index contributed by atoms with van der Waals surface area (Å²) in [6.07, 6.45) is -0.224. The Morgan fingerprint density at radius 1 is 1.14 bits per heavy atom. The molecule has 0 aromatic heterocycles. The van der Waals surface area contributed by atoms with Crippen molar-refractivity contribution in [3.8, 4) is 0 Å². The molecule has 0 heterocycles. The maximum Gasteiger partial charge on any atom is 0.328 e. The van der Waals surface area contributed by atoms with E-state index in [-0.39, 0.29) is 12.8 Å². The molecule has 2 atom stereocenters. The average molecular weight is 312 g/mol. The van der Waals surface area contributed by atoms with Crippen molar-refractivity contribution < 1.29 is 29.7 Å². The number of hydrogen-bond acceptors (Lipinski definition) is 5. The monoisotopic (exact) mass is 312 g/mol. The fraction of sp³-hybridized carbons (Fsp3) is 0.357. The summed E-state index contributed by atoms with van der Waals surface area (Å²) in [7, 11) is 0. The van der Waals surface area contributed by atoms with Crippen molar-refractivity contribution in [1.29, 1.82) is 0 Å². The number of rotatable bonds is 6. The Hall–Kier alpha value is -2.45. The summed E-state index contributed by atoms with van der Waals surface area (Å²) in [5.74, 6) is -3.22. The van der Waals surface area contributed by atoms with E-state index >= 15 is 0 Å². The SMILES string of the molecule is C[C@](N)(C(=O)O)c1ccccc1.N[C@@H](CCC(=O)O)C(=O)O. The lowest BCUT2D eigenvalue weighted by molar-refractivity contribution is -0.143. The third-order valence-corrected chi connectivity index (χ3v) is 2.80. The van der Waals surface area contributed by atoms with Crippen LogP contribution in [0.5, 0.6) is 0 Å². The second-order valence-corrected chi connectivity index (χ2v) is 4.75. The van der Waals surface area contributed by atoms with E-state index in [0.717, 1.165) is 0 Å². The molecule has 1 aromatic rings. The van der Waals surface area contributed by atoms with Crippen LogP contribution in [0.3, 0.4) is 0 Å². The Balaban J connectivity index is 0.000000409. The summed E-state index contributed by atoms with van der Waals surface area (Å²) in [5.41, 5.74) is 9.90. The molecule has 0 saturated carbocycles. The van der Waals surface area contributed by atoms with Crippen molar-refractivity contribution in [3.63, 3.8) is 0 Å². The van der Waals surface area contributed by atoms with Crippen LogP contribution in [0.15, 0.2) is 30.3 Å². The lowest BCUT2D eigenvalue weighted by Crippen LogP contribution is -2.41. The highest BCUT2D eigenvalue weighted by molar-refractivity contribution is 5.79. The molecule has 22 heavy (non-hydrogen) atoms. The van der Waals surface area contributed by atoms with E-state index in [4.69, 9.17) is 26.8 Å². The molecule has 122 valence electrons. The first-order valence-corrected chi connectivity index (χ1v) is 6.37. The number of carbonyl (C=O) groups is 3. The Kier molecular flexibility index (Phi) is 7.78. The summed E-state index contributed by atoms with van der Waals surface area (Å²) in [6, 6.07) is 7.70. The van der Waals surface area contributed by atoms with Gasteiger partial charge in [0, 0.05) is 6.42 Å². The molecule has 0 bridgehead atoms. The third-order valence-electron chi connectivity index (χ3n) is 2.80. The maximum absolute atomic E-state index is 10.7. The minimum absolute atomic E-state index is 0.0231. The van der Waals surface area contributed by atoms with Crippen molar-refractivity contribution in [2.75, 3.05) is 0 Å². The van der Waals surface area contributed by atoms with Crippen LogP contribution >= 0.6 is 0 Å². The van der Waals surface area contributed by atoms with Crippen LogP contribution < -0.4 is 11.5 Å². The van der Waals surface area contributed by atoms with Gasteiger partial charge >= 0.3 is 17.9 Å². The van der Waals surface area contributed by atoms with Gasteiger partial charge in [-0.2, -0.15) is 0 Å². The van der Waals surface area contributed by atoms with Gasteiger partial charge in [0.05, 0.1) is 0 Å². The lowest BCUT2D eigenvalue weighted by Gasteiger charge is -2.18. The first-order valence-electron chi connectivity index (χ1n) is 6.37. The molecule has 0 saturated heterocycles.